The number of nitrogens with zero attached hydrogens (tertiary/aromatic N) is 1. The third-order valence-electron chi connectivity index (χ3n) is 6.36. The van der Waals surface area contributed by atoms with Crippen LogP contribution in [0, 0.1) is 0 Å². The number of carbonyl (C=O) groups is 2. The lowest BCUT2D eigenvalue weighted by molar-refractivity contribution is -0.140. The fourth-order valence-corrected chi connectivity index (χ4v) is 4.84. The van der Waals surface area contributed by atoms with Crippen molar-refractivity contribution in [2.45, 2.75) is 25.5 Å². The molecule has 2 aliphatic heterocycles. The summed E-state index contributed by atoms with van der Waals surface area (Å²) < 4.78 is 11.0. The van der Waals surface area contributed by atoms with Crippen molar-refractivity contribution in [1.82, 2.24) is 4.90 Å². The molecule has 0 spiro atoms. The summed E-state index contributed by atoms with van der Waals surface area (Å²) in [5, 5.41) is 13.3. The summed E-state index contributed by atoms with van der Waals surface area (Å²) in [7, 11) is 1.55. The van der Waals surface area contributed by atoms with E-state index in [9.17, 15) is 14.7 Å². The number of amides is 1. The van der Waals surface area contributed by atoms with Gasteiger partial charge in [-0.1, -0.05) is 42.5 Å². The fraction of sp³-hybridized carbons (Fsp3) is 0.259. The van der Waals surface area contributed by atoms with Crippen molar-refractivity contribution in [3.05, 3.63) is 82.9 Å². The van der Waals surface area contributed by atoms with E-state index >= 15 is 0 Å². The summed E-state index contributed by atoms with van der Waals surface area (Å²) in [6, 6.07) is 18.3. The number of hydrogen-bond donors (Lipinski definition) is 1. The highest BCUT2D eigenvalue weighted by molar-refractivity contribution is 6.46. The van der Waals surface area contributed by atoms with Crippen LogP contribution in [0.3, 0.4) is 0 Å². The molecule has 1 amide bonds. The number of fused-ring (bicyclic) bond motifs is 2. The van der Waals surface area contributed by atoms with Crippen LogP contribution < -0.4 is 4.74 Å². The van der Waals surface area contributed by atoms with Gasteiger partial charge in [0.05, 0.1) is 18.2 Å². The van der Waals surface area contributed by atoms with Crippen LogP contribution in [0.1, 0.15) is 29.7 Å². The second-order valence-corrected chi connectivity index (χ2v) is 8.51. The van der Waals surface area contributed by atoms with E-state index in [-0.39, 0.29) is 30.6 Å². The van der Waals surface area contributed by atoms with Crippen LogP contribution in [0.25, 0.3) is 16.5 Å². The Balaban J connectivity index is 1.69. The van der Waals surface area contributed by atoms with Crippen molar-refractivity contribution >= 4 is 28.2 Å². The molecule has 6 heteroatoms. The first-order chi connectivity index (χ1) is 16.0. The minimum Gasteiger partial charge on any atom is -0.507 e. The minimum atomic E-state index is -0.713. The van der Waals surface area contributed by atoms with E-state index in [4.69, 9.17) is 9.47 Å². The molecule has 6 nitrogen and oxygen atoms in total. The second kappa shape index (κ2) is 8.37. The fourth-order valence-electron chi connectivity index (χ4n) is 4.84. The van der Waals surface area contributed by atoms with E-state index in [0.717, 1.165) is 34.1 Å². The summed E-state index contributed by atoms with van der Waals surface area (Å²) in [6.45, 7) is 2.51. The zero-order valence-corrected chi connectivity index (χ0v) is 18.6. The molecule has 2 atom stereocenters. The van der Waals surface area contributed by atoms with E-state index in [2.05, 4.69) is 0 Å². The Labute approximate surface area is 192 Å². The molecule has 1 fully saturated rings. The van der Waals surface area contributed by atoms with E-state index in [1.807, 2.05) is 61.5 Å². The first-order valence-electron chi connectivity index (χ1n) is 11.0. The van der Waals surface area contributed by atoms with Gasteiger partial charge in [0.25, 0.3) is 11.7 Å². The molecular formula is C27H25NO5. The maximum Gasteiger partial charge on any atom is 0.295 e. The number of carbonyl (C=O) groups excluding carboxylic acids is 2. The van der Waals surface area contributed by atoms with E-state index < -0.39 is 17.7 Å². The molecule has 0 bridgehead atoms. The predicted octanol–water partition coefficient (Wildman–Crippen LogP) is 4.23. The molecular weight excluding hydrogens is 418 g/mol. The third-order valence-corrected chi connectivity index (χ3v) is 6.36. The van der Waals surface area contributed by atoms with Gasteiger partial charge < -0.3 is 19.5 Å². The highest BCUT2D eigenvalue weighted by Crippen LogP contribution is 2.42. The number of benzene rings is 3. The molecule has 3 aromatic rings. The van der Waals surface area contributed by atoms with Crippen molar-refractivity contribution in [3.8, 4) is 5.75 Å². The van der Waals surface area contributed by atoms with Crippen molar-refractivity contribution < 1.29 is 24.2 Å². The Morgan fingerprint density at radius 3 is 2.73 bits per heavy atom. The smallest absolute Gasteiger partial charge is 0.295 e. The number of likely N-dealkylation sites (tertiary alicyclic amines) is 1. The monoisotopic (exact) mass is 443 g/mol. The van der Waals surface area contributed by atoms with Crippen LogP contribution in [-0.2, 0) is 20.7 Å². The zero-order chi connectivity index (χ0) is 23.1. The van der Waals surface area contributed by atoms with Crippen molar-refractivity contribution in [2.24, 2.45) is 0 Å². The predicted molar refractivity (Wildman–Crippen MR) is 125 cm³/mol. The Hall–Kier alpha value is -3.64. The van der Waals surface area contributed by atoms with Gasteiger partial charge in [0.15, 0.2) is 0 Å². The van der Waals surface area contributed by atoms with Crippen molar-refractivity contribution in [3.63, 3.8) is 0 Å². The average molecular weight is 443 g/mol. The second-order valence-electron chi connectivity index (χ2n) is 8.51. The van der Waals surface area contributed by atoms with Crippen LogP contribution in [0.5, 0.6) is 5.75 Å². The lowest BCUT2D eigenvalue weighted by atomic mass is 9.91. The standard InChI is InChI=1S/C27H25NO5/c1-16-14-19-15-18(10-11-22(19)33-16)25(29)23-24(28(12-13-32-2)27(31)26(23)30)21-9-5-7-17-6-3-4-8-20(17)21/h3-11,15-16,24,29H,12-14H2,1-2H3. The lowest BCUT2D eigenvalue weighted by Crippen LogP contribution is -2.32. The number of hydrogen-bond acceptors (Lipinski definition) is 5. The minimum absolute atomic E-state index is 0.0627. The summed E-state index contributed by atoms with van der Waals surface area (Å²) in [5.74, 6) is -0.713. The largest absolute Gasteiger partial charge is 0.507 e. The first kappa shape index (κ1) is 21.2. The maximum absolute atomic E-state index is 13.2. The summed E-state index contributed by atoms with van der Waals surface area (Å²) >= 11 is 0. The van der Waals surface area contributed by atoms with Crippen LogP contribution in [0.4, 0.5) is 0 Å². The van der Waals surface area contributed by atoms with Gasteiger partial charge in [-0.3, -0.25) is 9.59 Å². The molecule has 2 heterocycles. The van der Waals surface area contributed by atoms with Gasteiger partial charge in [0, 0.05) is 25.6 Å². The summed E-state index contributed by atoms with van der Waals surface area (Å²) in [4.78, 5) is 27.8. The number of ether oxygens (including phenoxy) is 2. The molecule has 2 unspecified atom stereocenters. The molecule has 168 valence electrons. The van der Waals surface area contributed by atoms with Crippen LogP contribution in [-0.4, -0.2) is 48.1 Å². The van der Waals surface area contributed by atoms with Gasteiger partial charge in [-0.15, -0.1) is 0 Å². The Bertz CT molecular complexity index is 1290. The topological polar surface area (TPSA) is 76.1 Å². The van der Waals surface area contributed by atoms with E-state index in [0.29, 0.717) is 5.56 Å². The molecule has 1 saturated heterocycles. The maximum atomic E-state index is 13.2. The SMILES string of the molecule is COCCN1C(=O)C(=O)C(=C(O)c2ccc3c(c2)CC(C)O3)C1c1cccc2ccccc12. The number of ketones is 1. The molecule has 5 rings (SSSR count). The van der Waals surface area contributed by atoms with Crippen LogP contribution in [0.15, 0.2) is 66.2 Å². The molecule has 2 aliphatic rings. The van der Waals surface area contributed by atoms with Gasteiger partial charge in [-0.25, -0.2) is 0 Å². The number of aliphatic hydroxyl groups is 1. The molecule has 1 N–H and O–H groups in total. The van der Waals surface area contributed by atoms with Gasteiger partial charge in [-0.05, 0) is 47.0 Å². The number of aliphatic hydroxyl groups excluding tert-OH is 1. The van der Waals surface area contributed by atoms with Crippen molar-refractivity contribution in [1.29, 1.82) is 0 Å². The van der Waals surface area contributed by atoms with E-state index in [1.54, 1.807) is 13.2 Å². The highest BCUT2D eigenvalue weighted by Gasteiger charge is 2.46. The van der Waals surface area contributed by atoms with Crippen molar-refractivity contribution in [2.75, 3.05) is 20.3 Å². The summed E-state index contributed by atoms with van der Waals surface area (Å²) in [5.41, 5.74) is 2.37. The molecule has 33 heavy (non-hydrogen) atoms. The Kier molecular flexibility index (Phi) is 5.38. The van der Waals surface area contributed by atoms with Crippen LogP contribution in [0.2, 0.25) is 0 Å². The normalized spacial score (nSPS) is 21.5. The van der Waals surface area contributed by atoms with Gasteiger partial charge >= 0.3 is 0 Å². The first-order valence-corrected chi connectivity index (χ1v) is 11.0. The highest BCUT2D eigenvalue weighted by atomic mass is 16.5. The van der Waals surface area contributed by atoms with E-state index in [1.165, 1.54) is 4.90 Å². The number of Topliss-reactive ketones (excluding diaryl/α,β-unsaturated/α-hetero) is 1. The lowest BCUT2D eigenvalue weighted by Gasteiger charge is -2.26. The van der Waals surface area contributed by atoms with Gasteiger partial charge in [0.1, 0.15) is 17.6 Å². The molecule has 0 aromatic heterocycles. The number of rotatable bonds is 5. The molecule has 0 radical (unpaired) electrons. The molecule has 3 aromatic carbocycles. The third kappa shape index (κ3) is 3.56. The van der Waals surface area contributed by atoms with Crippen LogP contribution >= 0.6 is 0 Å². The Morgan fingerprint density at radius 1 is 1.12 bits per heavy atom. The number of methoxy groups -OCH3 is 1. The van der Waals surface area contributed by atoms with Gasteiger partial charge in [-0.2, -0.15) is 0 Å². The molecule has 0 saturated carbocycles. The van der Waals surface area contributed by atoms with Gasteiger partial charge in [0.2, 0.25) is 0 Å². The average Bonchev–Trinajstić information content (AvgIpc) is 3.32. The quantitative estimate of drug-likeness (QED) is 0.363. The Morgan fingerprint density at radius 2 is 1.91 bits per heavy atom. The molecule has 0 aliphatic carbocycles. The zero-order valence-electron chi connectivity index (χ0n) is 18.6. The summed E-state index contributed by atoms with van der Waals surface area (Å²) in [6.07, 6.45) is 0.790.